The van der Waals surface area contributed by atoms with Gasteiger partial charge in [0, 0.05) is 6.54 Å². The molecule has 2 aromatic rings. The first-order valence-corrected chi connectivity index (χ1v) is 9.06. The molecule has 0 aromatic heterocycles. The number of hydrogen-bond acceptors (Lipinski definition) is 3. The van der Waals surface area contributed by atoms with Gasteiger partial charge in [0.25, 0.3) is 5.91 Å². The molecule has 0 saturated heterocycles. The number of hydrazine groups is 1. The Balaban J connectivity index is 1.70. The van der Waals surface area contributed by atoms with E-state index in [1.165, 1.54) is 17.7 Å². The molecule has 0 heterocycles. The van der Waals surface area contributed by atoms with Crippen molar-refractivity contribution < 1.29 is 13.9 Å². The van der Waals surface area contributed by atoms with E-state index in [1.807, 2.05) is 25.1 Å². The molecule has 144 valence electrons. The summed E-state index contributed by atoms with van der Waals surface area (Å²) in [6, 6.07) is 11.9. The number of carbonyl (C=O) groups excluding carboxylic acids is 1. The van der Waals surface area contributed by atoms with Gasteiger partial charge in [-0.05, 0) is 66.0 Å². The van der Waals surface area contributed by atoms with Crippen LogP contribution in [0.5, 0.6) is 5.75 Å². The predicted octanol–water partition coefficient (Wildman–Crippen LogP) is 3.33. The van der Waals surface area contributed by atoms with Gasteiger partial charge in [-0.25, -0.2) is 4.39 Å². The van der Waals surface area contributed by atoms with Crippen LogP contribution in [0.4, 0.5) is 4.39 Å². The Kier molecular flexibility index (Phi) is 7.55. The van der Waals surface area contributed by atoms with E-state index >= 15 is 0 Å². The van der Waals surface area contributed by atoms with Crippen molar-refractivity contribution in [2.75, 3.05) is 6.61 Å². The van der Waals surface area contributed by atoms with Gasteiger partial charge in [-0.15, -0.1) is 0 Å². The molecular weight excluding hydrogens is 365 g/mol. The molecule has 0 spiro atoms. The summed E-state index contributed by atoms with van der Waals surface area (Å²) in [6.45, 7) is 6.58. The second kappa shape index (κ2) is 9.87. The summed E-state index contributed by atoms with van der Waals surface area (Å²) >= 11 is 5.08. The SMILES string of the molecule is Cc1cc(OCC(=O)NNC(=S)NCc2ccc(F)cc2)ccc1C(C)C. The van der Waals surface area contributed by atoms with E-state index < -0.39 is 0 Å². The first-order chi connectivity index (χ1) is 12.8. The van der Waals surface area contributed by atoms with Crippen LogP contribution >= 0.6 is 12.2 Å². The van der Waals surface area contributed by atoms with Crippen LogP contribution in [0.3, 0.4) is 0 Å². The fourth-order valence-electron chi connectivity index (χ4n) is 2.53. The van der Waals surface area contributed by atoms with E-state index in [0.29, 0.717) is 18.2 Å². The number of benzene rings is 2. The lowest BCUT2D eigenvalue weighted by atomic mass is 9.98. The third-order valence-electron chi connectivity index (χ3n) is 3.91. The molecule has 0 atom stereocenters. The summed E-state index contributed by atoms with van der Waals surface area (Å²) in [4.78, 5) is 11.9. The van der Waals surface area contributed by atoms with E-state index in [1.54, 1.807) is 12.1 Å². The second-order valence-electron chi connectivity index (χ2n) is 6.44. The highest BCUT2D eigenvalue weighted by atomic mass is 32.1. The number of rotatable bonds is 6. The van der Waals surface area contributed by atoms with Gasteiger partial charge in [-0.2, -0.15) is 0 Å². The predicted molar refractivity (Wildman–Crippen MR) is 108 cm³/mol. The number of aryl methyl sites for hydroxylation is 1. The first kappa shape index (κ1) is 20.6. The average molecular weight is 389 g/mol. The van der Waals surface area contributed by atoms with E-state index in [4.69, 9.17) is 17.0 Å². The van der Waals surface area contributed by atoms with Gasteiger partial charge in [0.2, 0.25) is 0 Å². The highest BCUT2D eigenvalue weighted by molar-refractivity contribution is 7.80. The van der Waals surface area contributed by atoms with Crippen molar-refractivity contribution in [3.63, 3.8) is 0 Å². The molecule has 3 N–H and O–H groups in total. The van der Waals surface area contributed by atoms with Crippen LogP contribution in [0.25, 0.3) is 0 Å². The van der Waals surface area contributed by atoms with Crippen LogP contribution in [-0.2, 0) is 11.3 Å². The molecule has 1 amide bonds. The zero-order valence-electron chi connectivity index (χ0n) is 15.6. The zero-order chi connectivity index (χ0) is 19.8. The Morgan fingerprint density at radius 1 is 1.15 bits per heavy atom. The fraction of sp³-hybridized carbons (Fsp3) is 0.300. The summed E-state index contributed by atoms with van der Waals surface area (Å²) in [7, 11) is 0. The van der Waals surface area contributed by atoms with Gasteiger partial charge in [0.1, 0.15) is 11.6 Å². The fourth-order valence-corrected chi connectivity index (χ4v) is 2.65. The lowest BCUT2D eigenvalue weighted by Gasteiger charge is -2.14. The molecule has 0 fully saturated rings. The van der Waals surface area contributed by atoms with E-state index in [0.717, 1.165) is 11.1 Å². The van der Waals surface area contributed by atoms with Crippen LogP contribution in [-0.4, -0.2) is 17.6 Å². The Bertz CT molecular complexity index is 794. The zero-order valence-corrected chi connectivity index (χ0v) is 16.5. The second-order valence-corrected chi connectivity index (χ2v) is 6.85. The standard InChI is InChI=1S/C20H24FN3O2S/c1-13(2)18-9-8-17(10-14(18)3)26-12-19(25)23-24-20(27)22-11-15-4-6-16(21)7-5-15/h4-10,13H,11-12H2,1-3H3,(H,23,25)(H2,22,24,27). The van der Waals surface area contributed by atoms with Gasteiger partial charge in [0.05, 0.1) is 0 Å². The molecule has 5 nitrogen and oxygen atoms in total. The molecular formula is C20H24FN3O2S. The number of ether oxygens (including phenoxy) is 1. The number of thiocarbonyl (C=S) groups is 1. The number of nitrogens with one attached hydrogen (secondary N) is 3. The van der Waals surface area contributed by atoms with Crippen molar-refractivity contribution >= 4 is 23.2 Å². The highest BCUT2D eigenvalue weighted by Gasteiger charge is 2.07. The third kappa shape index (κ3) is 6.86. The minimum Gasteiger partial charge on any atom is -0.484 e. The van der Waals surface area contributed by atoms with Gasteiger partial charge in [-0.3, -0.25) is 15.6 Å². The van der Waals surface area contributed by atoms with Crippen LogP contribution in [0.15, 0.2) is 42.5 Å². The minimum atomic E-state index is -0.355. The average Bonchev–Trinajstić information content (AvgIpc) is 2.64. The quantitative estimate of drug-likeness (QED) is 0.523. The Morgan fingerprint density at radius 2 is 1.85 bits per heavy atom. The van der Waals surface area contributed by atoms with Crippen LogP contribution in [0.1, 0.15) is 36.5 Å². The lowest BCUT2D eigenvalue weighted by Crippen LogP contribution is -2.48. The highest BCUT2D eigenvalue weighted by Crippen LogP contribution is 2.23. The largest absolute Gasteiger partial charge is 0.484 e. The summed E-state index contributed by atoms with van der Waals surface area (Å²) in [6.07, 6.45) is 0. The van der Waals surface area contributed by atoms with Crippen molar-refractivity contribution in [3.05, 3.63) is 65.0 Å². The van der Waals surface area contributed by atoms with Crippen LogP contribution in [0, 0.1) is 12.7 Å². The normalized spacial score (nSPS) is 10.4. The number of halogens is 1. The maximum atomic E-state index is 12.8. The Hall–Kier alpha value is -2.67. The van der Waals surface area contributed by atoms with Crippen molar-refractivity contribution in [1.82, 2.24) is 16.2 Å². The third-order valence-corrected chi connectivity index (χ3v) is 4.16. The molecule has 0 unspecified atom stereocenters. The molecule has 0 aliphatic rings. The molecule has 27 heavy (non-hydrogen) atoms. The van der Waals surface area contributed by atoms with E-state index in [9.17, 15) is 9.18 Å². The minimum absolute atomic E-state index is 0.131. The van der Waals surface area contributed by atoms with E-state index in [2.05, 4.69) is 30.0 Å². The molecule has 7 heteroatoms. The van der Waals surface area contributed by atoms with Crippen molar-refractivity contribution in [3.8, 4) is 5.75 Å². The van der Waals surface area contributed by atoms with Crippen LogP contribution < -0.4 is 20.9 Å². The van der Waals surface area contributed by atoms with Gasteiger partial charge < -0.3 is 10.1 Å². The molecule has 0 bridgehead atoms. The van der Waals surface area contributed by atoms with Crippen molar-refractivity contribution in [2.24, 2.45) is 0 Å². The summed E-state index contributed by atoms with van der Waals surface area (Å²) in [5.41, 5.74) is 8.33. The molecule has 2 aromatic carbocycles. The molecule has 0 radical (unpaired) electrons. The topological polar surface area (TPSA) is 62.4 Å². The van der Waals surface area contributed by atoms with Crippen molar-refractivity contribution in [1.29, 1.82) is 0 Å². The van der Waals surface area contributed by atoms with Gasteiger partial charge in [0.15, 0.2) is 11.7 Å². The number of carbonyl (C=O) groups is 1. The lowest BCUT2D eigenvalue weighted by molar-refractivity contribution is -0.123. The summed E-state index contributed by atoms with van der Waals surface area (Å²) < 4.78 is 18.4. The molecule has 0 aliphatic carbocycles. The summed E-state index contributed by atoms with van der Waals surface area (Å²) in [5, 5.41) is 3.17. The maximum absolute atomic E-state index is 12.8. The smallest absolute Gasteiger partial charge is 0.276 e. The molecule has 2 rings (SSSR count). The Labute approximate surface area is 164 Å². The van der Waals surface area contributed by atoms with Gasteiger partial charge >= 0.3 is 0 Å². The summed E-state index contributed by atoms with van der Waals surface area (Å²) in [5.74, 6) is 0.436. The van der Waals surface area contributed by atoms with Crippen LogP contribution in [0.2, 0.25) is 0 Å². The first-order valence-electron chi connectivity index (χ1n) is 8.65. The van der Waals surface area contributed by atoms with Crippen molar-refractivity contribution in [2.45, 2.75) is 33.2 Å². The van der Waals surface area contributed by atoms with Gasteiger partial charge in [-0.1, -0.05) is 32.0 Å². The molecule has 0 saturated carbocycles. The Morgan fingerprint density at radius 3 is 2.48 bits per heavy atom. The molecule has 0 aliphatic heterocycles. The number of amides is 1. The monoisotopic (exact) mass is 389 g/mol. The van der Waals surface area contributed by atoms with E-state index in [-0.39, 0.29) is 23.4 Å². The maximum Gasteiger partial charge on any atom is 0.276 e. The number of hydrogen-bond donors (Lipinski definition) is 3.